The number of hydrogen-bond acceptors (Lipinski definition) is 5. The lowest BCUT2D eigenvalue weighted by atomic mass is 10.1. The van der Waals surface area contributed by atoms with Crippen LogP contribution in [0.3, 0.4) is 0 Å². The third-order valence-corrected chi connectivity index (χ3v) is 4.16. The van der Waals surface area contributed by atoms with E-state index in [2.05, 4.69) is 19.9 Å². The lowest BCUT2D eigenvalue weighted by Crippen LogP contribution is -2.00. The van der Waals surface area contributed by atoms with Crippen LogP contribution in [-0.2, 0) is 0 Å². The Hall–Kier alpha value is -3.62. The van der Waals surface area contributed by atoms with Gasteiger partial charge in [-0.25, -0.2) is 19.9 Å². The number of rotatable bonds is 3. The van der Waals surface area contributed by atoms with Gasteiger partial charge in [0.2, 0.25) is 0 Å². The molecule has 0 unspecified atom stereocenters. The van der Waals surface area contributed by atoms with Crippen molar-refractivity contribution in [3.05, 3.63) is 83.6 Å². The van der Waals surface area contributed by atoms with E-state index in [1.807, 2.05) is 48.5 Å². The average molecular weight is 370 g/mol. The van der Waals surface area contributed by atoms with E-state index in [1.54, 1.807) is 30.5 Å². The van der Waals surface area contributed by atoms with Gasteiger partial charge in [-0.05, 0) is 36.4 Å². The van der Waals surface area contributed by atoms with Gasteiger partial charge in [0.15, 0.2) is 17.5 Å². The molecule has 6 heteroatoms. The summed E-state index contributed by atoms with van der Waals surface area (Å²) in [5.74, 6) is 1.60. The number of nitriles is 1. The summed E-state index contributed by atoms with van der Waals surface area (Å²) in [5, 5.41) is 9.59. The van der Waals surface area contributed by atoms with Gasteiger partial charge in [0.25, 0.3) is 0 Å². The largest absolute Gasteiger partial charge is 0.245 e. The molecule has 0 saturated heterocycles. The van der Waals surface area contributed by atoms with Crippen molar-refractivity contribution in [2.75, 3.05) is 0 Å². The Morgan fingerprint density at radius 3 is 1.78 bits per heavy atom. The number of pyridine rings is 1. The van der Waals surface area contributed by atoms with Crippen molar-refractivity contribution in [3.63, 3.8) is 0 Å². The molecule has 2 heterocycles. The van der Waals surface area contributed by atoms with Crippen LogP contribution >= 0.6 is 11.6 Å². The molecule has 0 fully saturated rings. The van der Waals surface area contributed by atoms with Gasteiger partial charge in [0.05, 0.1) is 0 Å². The van der Waals surface area contributed by atoms with Crippen LogP contribution in [0.5, 0.6) is 0 Å². The highest BCUT2D eigenvalue weighted by Gasteiger charge is 2.12. The second kappa shape index (κ2) is 7.32. The summed E-state index contributed by atoms with van der Waals surface area (Å²) < 4.78 is 0. The van der Waals surface area contributed by atoms with Crippen molar-refractivity contribution in [1.29, 1.82) is 5.26 Å². The van der Waals surface area contributed by atoms with E-state index in [9.17, 15) is 0 Å². The van der Waals surface area contributed by atoms with Gasteiger partial charge in [-0.3, -0.25) is 0 Å². The molecule has 0 spiro atoms. The quantitative estimate of drug-likeness (QED) is 0.518. The van der Waals surface area contributed by atoms with Crippen molar-refractivity contribution in [2.45, 2.75) is 0 Å². The van der Waals surface area contributed by atoms with Crippen LogP contribution in [0.15, 0.2) is 72.9 Å². The second-order valence-corrected chi connectivity index (χ2v) is 6.16. The van der Waals surface area contributed by atoms with E-state index in [-0.39, 0.29) is 0 Å². The maximum absolute atomic E-state index is 8.94. The zero-order valence-corrected chi connectivity index (χ0v) is 14.8. The Morgan fingerprint density at radius 2 is 1.22 bits per heavy atom. The zero-order chi connectivity index (χ0) is 18.6. The monoisotopic (exact) mass is 369 g/mol. The summed E-state index contributed by atoms with van der Waals surface area (Å²) in [4.78, 5) is 17.9. The molecule has 0 aliphatic heterocycles. The fraction of sp³-hybridized carbons (Fsp3) is 0. The maximum atomic E-state index is 8.94. The summed E-state index contributed by atoms with van der Waals surface area (Å²) >= 11 is 5.99. The first-order valence-corrected chi connectivity index (χ1v) is 8.55. The Bertz CT molecular complexity index is 1120. The van der Waals surface area contributed by atoms with Crippen LogP contribution in [0.1, 0.15) is 5.69 Å². The Labute approximate surface area is 161 Å². The minimum atomic E-state index is 0.342. The van der Waals surface area contributed by atoms with Crippen LogP contribution in [-0.4, -0.2) is 19.9 Å². The molecular formula is C21H12ClN5. The van der Waals surface area contributed by atoms with Gasteiger partial charge in [-0.2, -0.15) is 5.26 Å². The molecule has 0 radical (unpaired) electrons. The van der Waals surface area contributed by atoms with E-state index < -0.39 is 0 Å². The number of halogens is 1. The van der Waals surface area contributed by atoms with Crippen molar-refractivity contribution in [1.82, 2.24) is 19.9 Å². The molecule has 0 bridgehead atoms. The van der Waals surface area contributed by atoms with Gasteiger partial charge in [-0.15, -0.1) is 0 Å². The molecule has 4 rings (SSSR count). The van der Waals surface area contributed by atoms with Gasteiger partial charge in [0.1, 0.15) is 11.8 Å². The summed E-state index contributed by atoms with van der Waals surface area (Å²) in [6.45, 7) is 0. The minimum Gasteiger partial charge on any atom is -0.245 e. The van der Waals surface area contributed by atoms with Crippen molar-refractivity contribution >= 4 is 11.6 Å². The van der Waals surface area contributed by atoms with Crippen molar-refractivity contribution in [3.8, 4) is 40.2 Å². The fourth-order valence-electron chi connectivity index (χ4n) is 2.54. The van der Waals surface area contributed by atoms with E-state index in [0.717, 1.165) is 11.1 Å². The van der Waals surface area contributed by atoms with Crippen molar-refractivity contribution < 1.29 is 0 Å². The Balaban J connectivity index is 1.88. The van der Waals surface area contributed by atoms with E-state index in [0.29, 0.717) is 33.8 Å². The summed E-state index contributed by atoms with van der Waals surface area (Å²) in [7, 11) is 0. The van der Waals surface area contributed by atoms with Crippen LogP contribution < -0.4 is 0 Å². The number of aromatic nitrogens is 4. The van der Waals surface area contributed by atoms with Gasteiger partial charge in [0, 0.05) is 27.9 Å². The minimum absolute atomic E-state index is 0.342. The number of nitrogens with zero attached hydrogens (tertiary/aromatic N) is 5. The number of hydrogen-bond donors (Lipinski definition) is 0. The first kappa shape index (κ1) is 16.8. The van der Waals surface area contributed by atoms with E-state index in [4.69, 9.17) is 16.9 Å². The molecule has 27 heavy (non-hydrogen) atoms. The first-order chi connectivity index (χ1) is 13.2. The average Bonchev–Trinajstić information content (AvgIpc) is 2.74. The molecule has 0 aliphatic rings. The summed E-state index contributed by atoms with van der Waals surface area (Å²) in [6.07, 6.45) is 1.59. The highest BCUT2D eigenvalue weighted by Crippen LogP contribution is 2.25. The standard InChI is InChI=1S/C21H12ClN5/c22-17-9-6-15(7-10-17)20-25-19(14-4-2-1-3-5-14)26-21(27-20)16-8-11-18(12-23)24-13-16/h1-11,13H. The Morgan fingerprint density at radius 1 is 0.667 bits per heavy atom. The molecule has 0 amide bonds. The predicted octanol–water partition coefficient (Wildman–Crippen LogP) is 4.79. The molecule has 2 aromatic carbocycles. The summed E-state index contributed by atoms with van der Waals surface area (Å²) in [6, 6.07) is 22.5. The van der Waals surface area contributed by atoms with Gasteiger partial charge < -0.3 is 0 Å². The molecule has 2 aromatic heterocycles. The fourth-order valence-corrected chi connectivity index (χ4v) is 2.67. The molecule has 4 aromatic rings. The third kappa shape index (κ3) is 3.66. The third-order valence-electron chi connectivity index (χ3n) is 3.91. The molecule has 128 valence electrons. The first-order valence-electron chi connectivity index (χ1n) is 8.17. The molecule has 0 saturated carbocycles. The highest BCUT2D eigenvalue weighted by molar-refractivity contribution is 6.30. The summed E-state index contributed by atoms with van der Waals surface area (Å²) in [5.41, 5.74) is 2.78. The van der Waals surface area contributed by atoms with Crippen LogP contribution in [0.25, 0.3) is 34.2 Å². The maximum Gasteiger partial charge on any atom is 0.165 e. The van der Waals surface area contributed by atoms with Crippen LogP contribution in [0.4, 0.5) is 0 Å². The molecule has 0 N–H and O–H groups in total. The Kier molecular flexibility index (Phi) is 4.56. The lowest BCUT2D eigenvalue weighted by molar-refractivity contribution is 1.07. The van der Waals surface area contributed by atoms with Gasteiger partial charge in [-0.1, -0.05) is 41.9 Å². The molecule has 5 nitrogen and oxygen atoms in total. The predicted molar refractivity (Wildman–Crippen MR) is 104 cm³/mol. The van der Waals surface area contributed by atoms with Crippen LogP contribution in [0, 0.1) is 11.3 Å². The normalized spacial score (nSPS) is 10.4. The lowest BCUT2D eigenvalue weighted by Gasteiger charge is -2.08. The van der Waals surface area contributed by atoms with Crippen molar-refractivity contribution in [2.24, 2.45) is 0 Å². The SMILES string of the molecule is N#Cc1ccc(-c2nc(-c3ccccc3)nc(-c3ccc(Cl)cc3)n2)cn1. The second-order valence-electron chi connectivity index (χ2n) is 5.72. The topological polar surface area (TPSA) is 75.3 Å². The molecule has 0 aliphatic carbocycles. The van der Waals surface area contributed by atoms with E-state index in [1.165, 1.54) is 0 Å². The zero-order valence-electron chi connectivity index (χ0n) is 14.0. The smallest absolute Gasteiger partial charge is 0.165 e. The molecular weight excluding hydrogens is 358 g/mol. The van der Waals surface area contributed by atoms with Crippen LogP contribution in [0.2, 0.25) is 5.02 Å². The highest BCUT2D eigenvalue weighted by atomic mass is 35.5. The van der Waals surface area contributed by atoms with E-state index >= 15 is 0 Å². The molecule has 0 atom stereocenters. The van der Waals surface area contributed by atoms with Gasteiger partial charge >= 0.3 is 0 Å². The number of benzene rings is 2.